The van der Waals surface area contributed by atoms with Gasteiger partial charge >= 0.3 is 0 Å². The van der Waals surface area contributed by atoms with Crippen molar-refractivity contribution in [3.05, 3.63) is 93.7 Å². The zero-order valence-corrected chi connectivity index (χ0v) is 24.3. The van der Waals surface area contributed by atoms with Crippen LogP contribution in [0.5, 0.6) is 11.5 Å². The van der Waals surface area contributed by atoms with Crippen LogP contribution in [0.25, 0.3) is 10.8 Å². The first-order valence-corrected chi connectivity index (χ1v) is 14.0. The summed E-state index contributed by atoms with van der Waals surface area (Å²) in [6.45, 7) is 3.64. The maximum absolute atomic E-state index is 13.8. The SMILES string of the molecule is COCCN(CC(=O)N(CCc1ccc(OC)c(OC)c1)Cc1ccc(C)s1)C(=O)c1ccc2ccccc2c1. The van der Waals surface area contributed by atoms with Gasteiger partial charge in [0.05, 0.1) is 27.4 Å². The average molecular weight is 561 g/mol. The third-order valence-electron chi connectivity index (χ3n) is 6.79. The molecule has 0 atom stereocenters. The largest absolute Gasteiger partial charge is 0.493 e. The molecule has 8 heteroatoms. The first-order valence-electron chi connectivity index (χ1n) is 13.2. The Morgan fingerprint density at radius 1 is 0.800 bits per heavy atom. The van der Waals surface area contributed by atoms with Crippen molar-refractivity contribution in [2.75, 3.05) is 47.6 Å². The van der Waals surface area contributed by atoms with Gasteiger partial charge in [-0.25, -0.2) is 0 Å². The minimum Gasteiger partial charge on any atom is -0.493 e. The number of thiophene rings is 1. The topological polar surface area (TPSA) is 68.3 Å². The van der Waals surface area contributed by atoms with Crippen LogP contribution < -0.4 is 9.47 Å². The van der Waals surface area contributed by atoms with Gasteiger partial charge in [-0.05, 0) is 66.1 Å². The van der Waals surface area contributed by atoms with Gasteiger partial charge in [-0.2, -0.15) is 0 Å². The predicted molar refractivity (Wildman–Crippen MR) is 159 cm³/mol. The third-order valence-corrected chi connectivity index (χ3v) is 7.77. The van der Waals surface area contributed by atoms with Crippen molar-refractivity contribution in [1.29, 1.82) is 0 Å². The number of methoxy groups -OCH3 is 3. The Morgan fingerprint density at radius 2 is 1.57 bits per heavy atom. The first-order chi connectivity index (χ1) is 19.4. The highest BCUT2D eigenvalue weighted by molar-refractivity contribution is 7.11. The van der Waals surface area contributed by atoms with Gasteiger partial charge in [0.25, 0.3) is 5.91 Å². The lowest BCUT2D eigenvalue weighted by molar-refractivity contribution is -0.132. The molecule has 40 heavy (non-hydrogen) atoms. The molecule has 0 saturated carbocycles. The van der Waals surface area contributed by atoms with Crippen LogP contribution in [0.15, 0.2) is 72.8 Å². The highest BCUT2D eigenvalue weighted by atomic mass is 32.1. The Hall–Kier alpha value is -3.88. The molecule has 0 fully saturated rings. The van der Waals surface area contributed by atoms with Gasteiger partial charge in [-0.1, -0.05) is 36.4 Å². The summed E-state index contributed by atoms with van der Waals surface area (Å²) in [6, 6.07) is 23.5. The Bertz CT molecular complexity index is 1450. The number of benzene rings is 3. The third kappa shape index (κ3) is 7.40. The van der Waals surface area contributed by atoms with E-state index in [9.17, 15) is 9.59 Å². The van der Waals surface area contributed by atoms with Gasteiger partial charge in [-0.3, -0.25) is 9.59 Å². The molecule has 7 nitrogen and oxygen atoms in total. The van der Waals surface area contributed by atoms with Crippen LogP contribution in [-0.2, 0) is 22.5 Å². The Balaban J connectivity index is 1.54. The van der Waals surface area contributed by atoms with E-state index in [1.807, 2.05) is 65.6 Å². The monoisotopic (exact) mass is 560 g/mol. The lowest BCUT2D eigenvalue weighted by atomic mass is 10.1. The quantitative estimate of drug-likeness (QED) is 0.213. The van der Waals surface area contributed by atoms with E-state index >= 15 is 0 Å². The zero-order valence-electron chi connectivity index (χ0n) is 23.5. The predicted octanol–water partition coefficient (Wildman–Crippen LogP) is 5.59. The Morgan fingerprint density at radius 3 is 2.27 bits per heavy atom. The molecule has 1 heterocycles. The van der Waals surface area contributed by atoms with Crippen LogP contribution in [-0.4, -0.2) is 69.2 Å². The number of amides is 2. The fourth-order valence-electron chi connectivity index (χ4n) is 4.57. The van der Waals surface area contributed by atoms with E-state index in [0.717, 1.165) is 21.2 Å². The average Bonchev–Trinajstić information content (AvgIpc) is 3.40. The summed E-state index contributed by atoms with van der Waals surface area (Å²) in [5.74, 6) is 1.01. The minimum absolute atomic E-state index is 0.0364. The highest BCUT2D eigenvalue weighted by Crippen LogP contribution is 2.28. The van der Waals surface area contributed by atoms with E-state index in [2.05, 4.69) is 19.1 Å². The number of fused-ring (bicyclic) bond motifs is 1. The van der Waals surface area contributed by atoms with Gasteiger partial charge in [0.1, 0.15) is 6.54 Å². The van der Waals surface area contributed by atoms with Crippen molar-refractivity contribution in [3.63, 3.8) is 0 Å². The number of carbonyl (C=O) groups is 2. The van der Waals surface area contributed by atoms with Crippen LogP contribution in [0.2, 0.25) is 0 Å². The maximum Gasteiger partial charge on any atom is 0.254 e. The van der Waals surface area contributed by atoms with Crippen LogP contribution in [0.1, 0.15) is 25.7 Å². The van der Waals surface area contributed by atoms with Gasteiger partial charge < -0.3 is 24.0 Å². The van der Waals surface area contributed by atoms with Gasteiger partial charge in [-0.15, -0.1) is 11.3 Å². The lowest BCUT2D eigenvalue weighted by Gasteiger charge is -2.28. The summed E-state index contributed by atoms with van der Waals surface area (Å²) in [6.07, 6.45) is 0.632. The van der Waals surface area contributed by atoms with E-state index in [4.69, 9.17) is 14.2 Å². The molecule has 3 aromatic carbocycles. The first kappa shape index (κ1) is 29.1. The molecular formula is C32H36N2O5S. The van der Waals surface area contributed by atoms with Crippen LogP contribution in [0.4, 0.5) is 0 Å². The number of nitrogens with zero attached hydrogens (tertiary/aromatic N) is 2. The van der Waals surface area contributed by atoms with Gasteiger partial charge in [0, 0.05) is 35.5 Å². The smallest absolute Gasteiger partial charge is 0.254 e. The number of aryl methyl sites for hydroxylation is 1. The number of hydrogen-bond acceptors (Lipinski definition) is 6. The second kappa shape index (κ2) is 14.0. The molecule has 0 N–H and O–H groups in total. The van der Waals surface area contributed by atoms with Gasteiger partial charge in [0.15, 0.2) is 11.5 Å². The van der Waals surface area contributed by atoms with E-state index in [1.54, 1.807) is 37.6 Å². The Labute approximate surface area is 239 Å². The van der Waals surface area contributed by atoms with Crippen molar-refractivity contribution in [3.8, 4) is 11.5 Å². The van der Waals surface area contributed by atoms with Crippen molar-refractivity contribution in [2.45, 2.75) is 19.9 Å². The van der Waals surface area contributed by atoms with E-state index in [1.165, 1.54) is 4.88 Å². The molecule has 0 radical (unpaired) electrons. The lowest BCUT2D eigenvalue weighted by Crippen LogP contribution is -2.44. The molecule has 4 rings (SSSR count). The van der Waals surface area contributed by atoms with Gasteiger partial charge in [0.2, 0.25) is 5.91 Å². The molecule has 0 aliphatic rings. The van der Waals surface area contributed by atoms with Crippen LogP contribution >= 0.6 is 11.3 Å². The van der Waals surface area contributed by atoms with E-state index in [-0.39, 0.29) is 18.4 Å². The van der Waals surface area contributed by atoms with Crippen LogP contribution in [0.3, 0.4) is 0 Å². The number of carbonyl (C=O) groups excluding carboxylic acids is 2. The molecule has 1 aromatic heterocycles. The summed E-state index contributed by atoms with van der Waals surface area (Å²) >= 11 is 1.67. The van der Waals surface area contributed by atoms with Crippen molar-refractivity contribution in [2.24, 2.45) is 0 Å². The van der Waals surface area contributed by atoms with E-state index < -0.39 is 0 Å². The molecule has 0 aliphatic carbocycles. The second-order valence-corrected chi connectivity index (χ2v) is 10.9. The normalized spacial score (nSPS) is 10.9. The van der Waals surface area contributed by atoms with Crippen molar-refractivity contribution in [1.82, 2.24) is 9.80 Å². The minimum atomic E-state index is -0.192. The fourth-order valence-corrected chi connectivity index (χ4v) is 5.48. The maximum atomic E-state index is 13.8. The molecule has 4 aromatic rings. The Kier molecular flexibility index (Phi) is 10.2. The zero-order chi connectivity index (χ0) is 28.5. The van der Waals surface area contributed by atoms with Crippen molar-refractivity contribution >= 4 is 33.9 Å². The number of rotatable bonds is 13. The molecule has 0 spiro atoms. The molecular weight excluding hydrogens is 524 g/mol. The summed E-state index contributed by atoms with van der Waals surface area (Å²) < 4.78 is 16.1. The number of hydrogen-bond donors (Lipinski definition) is 0. The highest BCUT2D eigenvalue weighted by Gasteiger charge is 2.23. The summed E-state index contributed by atoms with van der Waals surface area (Å²) in [4.78, 5) is 33.1. The van der Waals surface area contributed by atoms with E-state index in [0.29, 0.717) is 49.7 Å². The molecule has 0 saturated heterocycles. The summed E-state index contributed by atoms with van der Waals surface area (Å²) in [5.41, 5.74) is 1.58. The molecule has 2 amide bonds. The fraction of sp³-hybridized carbons (Fsp3) is 0.312. The molecule has 210 valence electrons. The second-order valence-electron chi connectivity index (χ2n) is 9.55. The molecule has 0 aliphatic heterocycles. The summed E-state index contributed by atoms with van der Waals surface area (Å²) in [5, 5.41) is 2.04. The standard InChI is InChI=1S/C32H36N2O5S/c1-23-9-13-28(40-23)21-33(16-15-24-10-14-29(38-3)30(19-24)39-4)31(35)22-34(17-18-37-2)32(36)27-12-11-25-7-5-6-8-26(25)20-27/h5-14,19-20H,15-18,21-22H2,1-4H3. The summed E-state index contributed by atoms with van der Waals surface area (Å²) in [7, 11) is 4.81. The number of ether oxygens (including phenoxy) is 3. The molecule has 0 bridgehead atoms. The van der Waals surface area contributed by atoms with Crippen molar-refractivity contribution < 1.29 is 23.8 Å². The van der Waals surface area contributed by atoms with Crippen LogP contribution in [0, 0.1) is 6.92 Å². The molecule has 0 unspecified atom stereocenters.